The molecule has 0 radical (unpaired) electrons. The standard InChI is InChI=1S/C18H24N4O2S/c1-4-16-21-17-13(2)20-15-10-6-5-9-14(15)18(17)22(16)12-8-7-11-19-25(3,23)24/h5-6,9-10,19H,4,7-8,11-12H2,1-3H3. The summed E-state index contributed by atoms with van der Waals surface area (Å²) in [5, 5.41) is 1.12. The number of benzene rings is 1. The molecular weight excluding hydrogens is 336 g/mol. The third-order valence-electron chi connectivity index (χ3n) is 4.33. The first-order chi connectivity index (χ1) is 11.9. The normalized spacial score (nSPS) is 12.3. The van der Waals surface area contributed by atoms with Gasteiger partial charge in [0.2, 0.25) is 10.0 Å². The molecule has 0 unspecified atom stereocenters. The Labute approximate surface area is 148 Å². The van der Waals surface area contributed by atoms with E-state index in [2.05, 4.69) is 27.3 Å². The molecule has 1 N–H and O–H groups in total. The van der Waals surface area contributed by atoms with Gasteiger partial charge in [-0.25, -0.2) is 18.1 Å². The van der Waals surface area contributed by atoms with Crippen LogP contribution in [0.5, 0.6) is 0 Å². The van der Waals surface area contributed by atoms with Gasteiger partial charge < -0.3 is 4.57 Å². The lowest BCUT2D eigenvalue weighted by Crippen LogP contribution is -2.23. The highest BCUT2D eigenvalue weighted by molar-refractivity contribution is 7.88. The number of aryl methyl sites for hydroxylation is 3. The highest BCUT2D eigenvalue weighted by Gasteiger charge is 2.15. The van der Waals surface area contributed by atoms with E-state index in [0.29, 0.717) is 6.54 Å². The number of nitrogens with one attached hydrogen (secondary N) is 1. The lowest BCUT2D eigenvalue weighted by atomic mass is 10.1. The van der Waals surface area contributed by atoms with Gasteiger partial charge in [0, 0.05) is 24.9 Å². The Hall–Kier alpha value is -1.99. The number of hydrogen-bond donors (Lipinski definition) is 1. The van der Waals surface area contributed by atoms with Crippen molar-refractivity contribution in [3.63, 3.8) is 0 Å². The number of rotatable bonds is 7. The lowest BCUT2D eigenvalue weighted by molar-refractivity contribution is 0.569. The minimum atomic E-state index is -3.12. The Kier molecular flexibility index (Phi) is 5.06. The van der Waals surface area contributed by atoms with E-state index in [-0.39, 0.29) is 0 Å². The molecule has 0 aliphatic heterocycles. The van der Waals surface area contributed by atoms with Crippen molar-refractivity contribution in [3.8, 4) is 0 Å². The van der Waals surface area contributed by atoms with Crippen LogP contribution in [0.1, 0.15) is 31.3 Å². The Morgan fingerprint density at radius 2 is 1.92 bits per heavy atom. The van der Waals surface area contributed by atoms with Crippen molar-refractivity contribution in [3.05, 3.63) is 35.8 Å². The van der Waals surface area contributed by atoms with Gasteiger partial charge in [0.15, 0.2) is 0 Å². The van der Waals surface area contributed by atoms with Gasteiger partial charge in [-0.05, 0) is 25.8 Å². The first kappa shape index (κ1) is 17.8. The SMILES string of the molecule is CCc1nc2c(C)nc3ccccc3c2n1CCCCNS(C)(=O)=O. The van der Waals surface area contributed by atoms with Crippen LogP contribution in [0.4, 0.5) is 0 Å². The third kappa shape index (κ3) is 3.82. The van der Waals surface area contributed by atoms with Crippen molar-refractivity contribution in [2.75, 3.05) is 12.8 Å². The topological polar surface area (TPSA) is 76.9 Å². The van der Waals surface area contributed by atoms with E-state index in [1.54, 1.807) is 0 Å². The number of nitrogens with zero attached hydrogens (tertiary/aromatic N) is 3. The van der Waals surface area contributed by atoms with Crippen molar-refractivity contribution >= 4 is 32.0 Å². The summed E-state index contributed by atoms with van der Waals surface area (Å²) in [6.45, 7) is 5.39. The number of para-hydroxylation sites is 1. The van der Waals surface area contributed by atoms with Gasteiger partial charge in [-0.15, -0.1) is 0 Å². The van der Waals surface area contributed by atoms with Crippen molar-refractivity contribution in [1.29, 1.82) is 0 Å². The molecule has 6 nitrogen and oxygen atoms in total. The average Bonchev–Trinajstić information content (AvgIpc) is 2.93. The summed E-state index contributed by atoms with van der Waals surface area (Å²) >= 11 is 0. The molecule has 0 saturated heterocycles. The molecule has 2 heterocycles. The molecule has 0 saturated carbocycles. The number of hydrogen-bond acceptors (Lipinski definition) is 4. The lowest BCUT2D eigenvalue weighted by Gasteiger charge is -2.10. The summed E-state index contributed by atoms with van der Waals surface area (Å²) < 4.78 is 27.1. The van der Waals surface area contributed by atoms with Crippen LogP contribution in [0.25, 0.3) is 21.9 Å². The average molecular weight is 360 g/mol. The van der Waals surface area contributed by atoms with E-state index in [4.69, 9.17) is 4.98 Å². The second kappa shape index (κ2) is 7.09. The van der Waals surface area contributed by atoms with Crippen molar-refractivity contribution in [2.45, 2.75) is 39.7 Å². The molecule has 2 aromatic heterocycles. The van der Waals surface area contributed by atoms with Gasteiger partial charge in [-0.1, -0.05) is 25.1 Å². The minimum absolute atomic E-state index is 0.467. The Morgan fingerprint density at radius 3 is 2.64 bits per heavy atom. The van der Waals surface area contributed by atoms with Crippen LogP contribution in [0.2, 0.25) is 0 Å². The van der Waals surface area contributed by atoms with Gasteiger partial charge in [-0.2, -0.15) is 0 Å². The van der Waals surface area contributed by atoms with E-state index >= 15 is 0 Å². The number of sulfonamides is 1. The van der Waals surface area contributed by atoms with Crippen LogP contribution >= 0.6 is 0 Å². The maximum absolute atomic E-state index is 11.1. The molecule has 1 aromatic carbocycles. The largest absolute Gasteiger partial charge is 0.327 e. The zero-order chi connectivity index (χ0) is 18.0. The molecule has 3 rings (SSSR count). The fourth-order valence-electron chi connectivity index (χ4n) is 3.19. The molecule has 0 amide bonds. The Balaban J connectivity index is 1.93. The number of fused-ring (bicyclic) bond motifs is 3. The smallest absolute Gasteiger partial charge is 0.208 e. The van der Waals surface area contributed by atoms with E-state index in [9.17, 15) is 8.42 Å². The predicted molar refractivity (Wildman–Crippen MR) is 101 cm³/mol. The second-order valence-corrected chi connectivity index (χ2v) is 8.15. The molecular formula is C18H24N4O2S. The molecule has 0 fully saturated rings. The molecule has 0 spiro atoms. The maximum atomic E-state index is 11.1. The van der Waals surface area contributed by atoms with Gasteiger partial charge in [-0.3, -0.25) is 4.98 Å². The van der Waals surface area contributed by atoms with E-state index < -0.39 is 10.0 Å². The van der Waals surface area contributed by atoms with Gasteiger partial charge >= 0.3 is 0 Å². The van der Waals surface area contributed by atoms with E-state index in [0.717, 1.165) is 59.3 Å². The third-order valence-corrected chi connectivity index (χ3v) is 5.05. The summed E-state index contributed by atoms with van der Waals surface area (Å²) in [4.78, 5) is 9.48. The molecule has 0 bridgehead atoms. The van der Waals surface area contributed by atoms with Gasteiger partial charge in [0.25, 0.3) is 0 Å². The number of unbranched alkanes of at least 4 members (excludes halogenated alkanes) is 1. The van der Waals surface area contributed by atoms with Gasteiger partial charge in [0.1, 0.15) is 11.3 Å². The summed E-state index contributed by atoms with van der Waals surface area (Å²) in [5.74, 6) is 1.05. The predicted octanol–water partition coefficient (Wildman–Crippen LogP) is 2.78. The molecule has 0 aliphatic carbocycles. The Bertz CT molecular complexity index is 1010. The van der Waals surface area contributed by atoms with Crippen molar-refractivity contribution < 1.29 is 8.42 Å². The molecule has 0 aliphatic rings. The minimum Gasteiger partial charge on any atom is -0.327 e. The van der Waals surface area contributed by atoms with Crippen LogP contribution < -0.4 is 4.72 Å². The molecule has 3 aromatic rings. The highest BCUT2D eigenvalue weighted by atomic mass is 32.2. The molecule has 134 valence electrons. The molecule has 7 heteroatoms. The van der Waals surface area contributed by atoms with Crippen LogP contribution in [-0.2, 0) is 23.0 Å². The van der Waals surface area contributed by atoms with Crippen molar-refractivity contribution in [1.82, 2.24) is 19.3 Å². The first-order valence-corrected chi connectivity index (χ1v) is 10.5. The monoisotopic (exact) mass is 360 g/mol. The summed E-state index contributed by atoms with van der Waals surface area (Å²) in [5.41, 5.74) is 4.02. The van der Waals surface area contributed by atoms with Crippen LogP contribution in [0, 0.1) is 6.92 Å². The van der Waals surface area contributed by atoms with Crippen LogP contribution in [0.15, 0.2) is 24.3 Å². The maximum Gasteiger partial charge on any atom is 0.208 e. The fraction of sp³-hybridized carbons (Fsp3) is 0.444. The second-order valence-electron chi connectivity index (χ2n) is 6.32. The van der Waals surface area contributed by atoms with Crippen molar-refractivity contribution in [2.24, 2.45) is 0 Å². The number of pyridine rings is 1. The zero-order valence-electron chi connectivity index (χ0n) is 14.9. The molecule has 25 heavy (non-hydrogen) atoms. The van der Waals surface area contributed by atoms with E-state index in [1.165, 1.54) is 6.26 Å². The number of imidazole rings is 1. The summed E-state index contributed by atoms with van der Waals surface area (Å²) in [6.07, 6.45) is 3.71. The van der Waals surface area contributed by atoms with E-state index in [1.807, 2.05) is 25.1 Å². The molecule has 0 atom stereocenters. The Morgan fingerprint density at radius 1 is 1.16 bits per heavy atom. The fourth-order valence-corrected chi connectivity index (χ4v) is 3.71. The zero-order valence-corrected chi connectivity index (χ0v) is 15.7. The van der Waals surface area contributed by atoms with Crippen LogP contribution in [0.3, 0.4) is 0 Å². The summed E-state index contributed by atoms with van der Waals surface area (Å²) in [6, 6.07) is 8.14. The quantitative estimate of drug-likeness (QED) is 0.657. The summed E-state index contributed by atoms with van der Waals surface area (Å²) in [7, 11) is -3.12. The number of aromatic nitrogens is 3. The van der Waals surface area contributed by atoms with Gasteiger partial charge in [0.05, 0.1) is 23.0 Å². The van der Waals surface area contributed by atoms with Crippen LogP contribution in [-0.4, -0.2) is 35.8 Å². The highest BCUT2D eigenvalue weighted by Crippen LogP contribution is 2.27. The first-order valence-electron chi connectivity index (χ1n) is 8.60.